The molecule has 0 spiro atoms. The minimum absolute atomic E-state index is 0.107. The number of nitrogens with zero attached hydrogens (tertiary/aromatic N) is 1. The Labute approximate surface area is 96.7 Å². The van der Waals surface area contributed by atoms with Crippen LogP contribution >= 0.6 is 0 Å². The molecule has 1 fully saturated rings. The number of amides is 2. The Morgan fingerprint density at radius 2 is 1.75 bits per heavy atom. The average molecular weight is 224 g/mol. The van der Waals surface area contributed by atoms with E-state index in [0.29, 0.717) is 12.1 Å². The van der Waals surface area contributed by atoms with Crippen LogP contribution in [0.15, 0.2) is 11.3 Å². The van der Waals surface area contributed by atoms with Crippen molar-refractivity contribution in [1.29, 1.82) is 0 Å². The van der Waals surface area contributed by atoms with Crippen molar-refractivity contribution in [2.75, 3.05) is 14.1 Å². The Morgan fingerprint density at radius 1 is 1.19 bits per heavy atom. The average Bonchev–Trinajstić information content (AvgIpc) is 2.53. The highest BCUT2D eigenvalue weighted by molar-refractivity contribution is 5.95. The summed E-state index contributed by atoms with van der Waals surface area (Å²) >= 11 is 0. The molecule has 0 heterocycles. The lowest BCUT2D eigenvalue weighted by molar-refractivity contribution is -0.126. The van der Waals surface area contributed by atoms with Gasteiger partial charge in [-0.1, -0.05) is 12.8 Å². The first-order chi connectivity index (χ1) is 7.66. The second-order valence-corrected chi connectivity index (χ2v) is 4.35. The van der Waals surface area contributed by atoms with Crippen molar-refractivity contribution in [3.8, 4) is 0 Å². The lowest BCUT2D eigenvalue weighted by atomic mass is 10.0. The fourth-order valence-electron chi connectivity index (χ4n) is 2.00. The molecule has 0 bridgehead atoms. The van der Waals surface area contributed by atoms with Crippen molar-refractivity contribution in [3.05, 3.63) is 11.3 Å². The first kappa shape index (κ1) is 12.7. The Hall–Kier alpha value is -1.32. The number of carbonyl (C=O) groups is 2. The minimum atomic E-state index is -0.107. The van der Waals surface area contributed by atoms with Gasteiger partial charge in [0.05, 0.1) is 0 Å². The predicted octanol–water partition coefficient (Wildman–Crippen LogP) is 1.43. The van der Waals surface area contributed by atoms with E-state index >= 15 is 0 Å². The molecular formula is C12H20N2O2. The Bertz CT molecular complexity index is 285. The van der Waals surface area contributed by atoms with Crippen LogP contribution in [0.4, 0.5) is 0 Å². The summed E-state index contributed by atoms with van der Waals surface area (Å²) in [6, 6.07) is 0. The van der Waals surface area contributed by atoms with Crippen molar-refractivity contribution in [1.82, 2.24) is 10.2 Å². The van der Waals surface area contributed by atoms with Crippen LogP contribution in [0.5, 0.6) is 0 Å². The number of hydrogen-bond donors (Lipinski definition) is 1. The maximum absolute atomic E-state index is 11.9. The summed E-state index contributed by atoms with van der Waals surface area (Å²) in [6.07, 6.45) is 7.10. The summed E-state index contributed by atoms with van der Waals surface area (Å²) in [5, 5.41) is 2.57. The summed E-state index contributed by atoms with van der Waals surface area (Å²) < 4.78 is 0. The van der Waals surface area contributed by atoms with Crippen molar-refractivity contribution >= 4 is 12.3 Å². The van der Waals surface area contributed by atoms with E-state index in [1.165, 1.54) is 17.7 Å². The molecular weight excluding hydrogens is 204 g/mol. The van der Waals surface area contributed by atoms with Crippen LogP contribution < -0.4 is 5.32 Å². The zero-order valence-electron chi connectivity index (χ0n) is 10.1. The van der Waals surface area contributed by atoms with Gasteiger partial charge < -0.3 is 10.2 Å². The highest BCUT2D eigenvalue weighted by Gasteiger charge is 2.17. The molecule has 16 heavy (non-hydrogen) atoms. The van der Waals surface area contributed by atoms with Crippen LogP contribution in [0, 0.1) is 0 Å². The van der Waals surface area contributed by atoms with Gasteiger partial charge in [0.1, 0.15) is 5.70 Å². The lowest BCUT2D eigenvalue weighted by Gasteiger charge is -2.16. The summed E-state index contributed by atoms with van der Waals surface area (Å²) in [5.41, 5.74) is 1.59. The number of likely N-dealkylation sites (N-methyl/N-ethyl adjacent to an activating group) is 1. The summed E-state index contributed by atoms with van der Waals surface area (Å²) in [6.45, 7) is 0. The molecule has 4 heteroatoms. The van der Waals surface area contributed by atoms with Crippen LogP contribution in [0.3, 0.4) is 0 Å². The highest BCUT2D eigenvalue weighted by atomic mass is 16.2. The van der Waals surface area contributed by atoms with Crippen LogP contribution in [-0.4, -0.2) is 31.3 Å². The molecule has 1 rings (SSSR count). The van der Waals surface area contributed by atoms with Gasteiger partial charge in [-0.05, 0) is 31.3 Å². The smallest absolute Gasteiger partial charge is 0.269 e. The molecule has 0 saturated heterocycles. The first-order valence-electron chi connectivity index (χ1n) is 5.80. The topological polar surface area (TPSA) is 49.4 Å². The van der Waals surface area contributed by atoms with Gasteiger partial charge in [-0.25, -0.2) is 0 Å². The SMILES string of the molecule is CN(C)C(=O)C(NC=O)=C1CCCCCC1. The molecule has 0 radical (unpaired) electrons. The van der Waals surface area contributed by atoms with Crippen LogP contribution in [0.1, 0.15) is 38.5 Å². The monoisotopic (exact) mass is 224 g/mol. The third kappa shape index (κ3) is 3.36. The van der Waals surface area contributed by atoms with E-state index in [9.17, 15) is 9.59 Å². The van der Waals surface area contributed by atoms with E-state index in [1.807, 2.05) is 0 Å². The fraction of sp³-hybridized carbons (Fsp3) is 0.667. The molecule has 1 aliphatic rings. The molecule has 1 N–H and O–H groups in total. The zero-order chi connectivity index (χ0) is 12.0. The van der Waals surface area contributed by atoms with Gasteiger partial charge in [0.2, 0.25) is 6.41 Å². The van der Waals surface area contributed by atoms with Gasteiger partial charge in [0.25, 0.3) is 5.91 Å². The normalized spacial score (nSPS) is 16.2. The van der Waals surface area contributed by atoms with E-state index < -0.39 is 0 Å². The number of rotatable bonds is 3. The van der Waals surface area contributed by atoms with Crippen LogP contribution in [0.2, 0.25) is 0 Å². The molecule has 2 amide bonds. The second-order valence-electron chi connectivity index (χ2n) is 4.35. The van der Waals surface area contributed by atoms with E-state index in [4.69, 9.17) is 0 Å². The lowest BCUT2D eigenvalue weighted by Crippen LogP contribution is -2.31. The van der Waals surface area contributed by atoms with E-state index in [2.05, 4.69) is 5.32 Å². The second kappa shape index (κ2) is 6.30. The molecule has 0 aromatic carbocycles. The van der Waals surface area contributed by atoms with E-state index in [0.717, 1.165) is 31.3 Å². The van der Waals surface area contributed by atoms with Gasteiger partial charge in [0, 0.05) is 14.1 Å². The fourth-order valence-corrected chi connectivity index (χ4v) is 2.00. The van der Waals surface area contributed by atoms with Crippen LogP contribution in [-0.2, 0) is 9.59 Å². The van der Waals surface area contributed by atoms with E-state index in [1.54, 1.807) is 14.1 Å². The molecule has 90 valence electrons. The standard InChI is InChI=1S/C12H20N2O2/c1-14(2)12(16)11(13-9-15)10-7-5-3-4-6-8-10/h9H,3-8H2,1-2H3,(H,13,15). The molecule has 4 nitrogen and oxygen atoms in total. The maximum atomic E-state index is 11.9. The van der Waals surface area contributed by atoms with Gasteiger partial charge >= 0.3 is 0 Å². The molecule has 0 atom stereocenters. The first-order valence-corrected chi connectivity index (χ1v) is 5.80. The van der Waals surface area contributed by atoms with Gasteiger partial charge in [0.15, 0.2) is 0 Å². The number of allylic oxidation sites excluding steroid dienone is 1. The molecule has 0 aliphatic heterocycles. The number of hydrogen-bond acceptors (Lipinski definition) is 2. The summed E-state index contributed by atoms with van der Waals surface area (Å²) in [4.78, 5) is 23.9. The van der Waals surface area contributed by atoms with Crippen molar-refractivity contribution in [2.45, 2.75) is 38.5 Å². The Kier molecular flexibility index (Phi) is 5.02. The maximum Gasteiger partial charge on any atom is 0.269 e. The Balaban J connectivity index is 2.91. The van der Waals surface area contributed by atoms with Crippen molar-refractivity contribution in [3.63, 3.8) is 0 Å². The molecule has 1 saturated carbocycles. The number of nitrogens with one attached hydrogen (secondary N) is 1. The van der Waals surface area contributed by atoms with Gasteiger partial charge in [-0.15, -0.1) is 0 Å². The minimum Gasteiger partial charge on any atom is -0.344 e. The van der Waals surface area contributed by atoms with E-state index in [-0.39, 0.29) is 5.91 Å². The third-order valence-corrected chi connectivity index (χ3v) is 2.88. The Morgan fingerprint density at radius 3 is 2.19 bits per heavy atom. The molecule has 0 aromatic heterocycles. The number of carbonyl (C=O) groups excluding carboxylic acids is 2. The highest BCUT2D eigenvalue weighted by Crippen LogP contribution is 2.24. The predicted molar refractivity (Wildman–Crippen MR) is 62.6 cm³/mol. The molecule has 1 aliphatic carbocycles. The molecule has 0 unspecified atom stereocenters. The quantitative estimate of drug-likeness (QED) is 0.448. The summed E-state index contributed by atoms with van der Waals surface area (Å²) in [5.74, 6) is -0.107. The van der Waals surface area contributed by atoms with Crippen molar-refractivity contribution in [2.24, 2.45) is 0 Å². The molecule has 0 aromatic rings. The largest absolute Gasteiger partial charge is 0.344 e. The summed E-state index contributed by atoms with van der Waals surface area (Å²) in [7, 11) is 3.40. The van der Waals surface area contributed by atoms with Crippen molar-refractivity contribution < 1.29 is 9.59 Å². The zero-order valence-corrected chi connectivity index (χ0v) is 10.1. The third-order valence-electron chi connectivity index (χ3n) is 2.88. The van der Waals surface area contributed by atoms with Crippen LogP contribution in [0.25, 0.3) is 0 Å². The van der Waals surface area contributed by atoms with Gasteiger partial charge in [-0.2, -0.15) is 0 Å². The van der Waals surface area contributed by atoms with Gasteiger partial charge in [-0.3, -0.25) is 9.59 Å².